The number of hydrogen-bond acceptors (Lipinski definition) is 4. The van der Waals surface area contributed by atoms with E-state index >= 15 is 0 Å². The van der Waals surface area contributed by atoms with Gasteiger partial charge in [0, 0.05) is 29.3 Å². The lowest BCUT2D eigenvalue weighted by Gasteiger charge is -2.21. The van der Waals surface area contributed by atoms with Crippen LogP contribution >= 0.6 is 0 Å². The Labute approximate surface area is 155 Å². The Bertz CT molecular complexity index is 930. The summed E-state index contributed by atoms with van der Waals surface area (Å²) in [5.41, 5.74) is 0.595. The predicted molar refractivity (Wildman–Crippen MR) is 100 cm³/mol. The predicted octanol–water partition coefficient (Wildman–Crippen LogP) is 5.51. The van der Waals surface area contributed by atoms with Gasteiger partial charge in [0.1, 0.15) is 17.3 Å². The number of nitrogens with one attached hydrogen (secondary N) is 2. The number of anilines is 3. The molecule has 0 saturated carbocycles. The van der Waals surface area contributed by atoms with Crippen molar-refractivity contribution in [2.75, 3.05) is 10.6 Å². The van der Waals surface area contributed by atoms with Gasteiger partial charge in [-0.15, -0.1) is 0 Å². The van der Waals surface area contributed by atoms with Crippen LogP contribution in [0, 0.1) is 17.5 Å². The molecule has 0 spiro atoms. The van der Waals surface area contributed by atoms with Crippen LogP contribution in [0.2, 0.25) is 0 Å². The van der Waals surface area contributed by atoms with Crippen molar-refractivity contribution in [3.8, 4) is 11.3 Å². The highest BCUT2D eigenvalue weighted by Gasteiger charge is 2.16. The molecule has 0 aliphatic rings. The molecule has 0 atom stereocenters. The number of nitrogens with zero attached hydrogens (tertiary/aromatic N) is 2. The van der Waals surface area contributed by atoms with Crippen LogP contribution in [-0.4, -0.2) is 15.5 Å². The van der Waals surface area contributed by atoms with Gasteiger partial charge < -0.3 is 10.6 Å². The third-order valence-corrected chi connectivity index (χ3v) is 3.54. The molecule has 4 nitrogen and oxygen atoms in total. The topological polar surface area (TPSA) is 49.8 Å². The fourth-order valence-corrected chi connectivity index (χ4v) is 2.45. The third-order valence-electron chi connectivity index (χ3n) is 3.54. The zero-order chi connectivity index (χ0) is 19.6. The van der Waals surface area contributed by atoms with E-state index in [4.69, 9.17) is 0 Å². The summed E-state index contributed by atoms with van der Waals surface area (Å²) in [5.74, 6) is -2.59. The normalized spacial score (nSPS) is 11.3. The van der Waals surface area contributed by atoms with Gasteiger partial charge in [-0.1, -0.05) is 30.3 Å². The molecule has 1 heterocycles. The second-order valence-corrected chi connectivity index (χ2v) is 7.07. The van der Waals surface area contributed by atoms with Crippen molar-refractivity contribution in [1.82, 2.24) is 9.97 Å². The molecule has 0 unspecified atom stereocenters. The Morgan fingerprint density at radius 2 is 1.48 bits per heavy atom. The van der Waals surface area contributed by atoms with Gasteiger partial charge in [0.25, 0.3) is 0 Å². The van der Waals surface area contributed by atoms with E-state index in [0.717, 1.165) is 5.56 Å². The largest absolute Gasteiger partial charge is 0.350 e. The molecule has 0 aliphatic heterocycles. The summed E-state index contributed by atoms with van der Waals surface area (Å²) >= 11 is 0. The first-order valence-electron chi connectivity index (χ1n) is 8.35. The van der Waals surface area contributed by atoms with Gasteiger partial charge in [-0.2, -0.15) is 4.98 Å². The second kappa shape index (κ2) is 7.26. The summed E-state index contributed by atoms with van der Waals surface area (Å²) in [4.78, 5) is 8.76. The summed E-state index contributed by atoms with van der Waals surface area (Å²) in [6.07, 6.45) is 0. The summed E-state index contributed by atoms with van der Waals surface area (Å²) in [6, 6.07) is 12.1. The summed E-state index contributed by atoms with van der Waals surface area (Å²) in [7, 11) is 0. The van der Waals surface area contributed by atoms with Crippen LogP contribution in [0.1, 0.15) is 20.8 Å². The van der Waals surface area contributed by atoms with E-state index in [1.165, 1.54) is 0 Å². The van der Waals surface area contributed by atoms with E-state index in [-0.39, 0.29) is 11.4 Å². The molecule has 0 aliphatic carbocycles. The Hall–Kier alpha value is -3.09. The van der Waals surface area contributed by atoms with Crippen LogP contribution in [0.3, 0.4) is 0 Å². The van der Waals surface area contributed by atoms with Crippen molar-refractivity contribution in [3.05, 3.63) is 66.0 Å². The van der Waals surface area contributed by atoms with Gasteiger partial charge in [0.15, 0.2) is 11.6 Å². The molecule has 2 aromatic carbocycles. The minimum Gasteiger partial charge on any atom is -0.350 e. The molecule has 3 rings (SSSR count). The van der Waals surface area contributed by atoms with Gasteiger partial charge in [-0.25, -0.2) is 18.2 Å². The van der Waals surface area contributed by atoms with Crippen LogP contribution in [0.25, 0.3) is 11.3 Å². The SMILES string of the molecule is CC(C)(C)Nc1nc(Nc2c(F)cc(F)cc2F)cc(-c2ccccc2)n1. The average Bonchev–Trinajstić information content (AvgIpc) is 2.57. The summed E-state index contributed by atoms with van der Waals surface area (Å²) in [5, 5.41) is 5.74. The zero-order valence-corrected chi connectivity index (χ0v) is 15.1. The van der Waals surface area contributed by atoms with E-state index in [1.54, 1.807) is 6.07 Å². The summed E-state index contributed by atoms with van der Waals surface area (Å²) < 4.78 is 41.1. The lowest BCUT2D eigenvalue weighted by molar-refractivity contribution is 0.548. The van der Waals surface area contributed by atoms with E-state index in [2.05, 4.69) is 20.6 Å². The van der Waals surface area contributed by atoms with E-state index in [0.29, 0.717) is 23.8 Å². The molecule has 27 heavy (non-hydrogen) atoms. The van der Waals surface area contributed by atoms with Crippen LogP contribution in [-0.2, 0) is 0 Å². The van der Waals surface area contributed by atoms with Crippen molar-refractivity contribution in [3.63, 3.8) is 0 Å². The Kier molecular flexibility index (Phi) is 5.03. The molecular formula is C20H19F3N4. The van der Waals surface area contributed by atoms with Crippen LogP contribution in [0.5, 0.6) is 0 Å². The number of benzene rings is 2. The summed E-state index contributed by atoms with van der Waals surface area (Å²) in [6.45, 7) is 5.83. The maximum absolute atomic E-state index is 14.0. The standard InChI is InChI=1S/C20H19F3N4/c1-20(2,3)27-19-24-16(12-7-5-4-6-8-12)11-17(26-19)25-18-14(22)9-13(21)10-15(18)23/h4-11H,1-3H3,(H2,24,25,26,27). The maximum Gasteiger partial charge on any atom is 0.225 e. The van der Waals surface area contributed by atoms with Crippen LogP contribution < -0.4 is 10.6 Å². The smallest absolute Gasteiger partial charge is 0.225 e. The quantitative estimate of drug-likeness (QED) is 0.634. The van der Waals surface area contributed by atoms with E-state index in [1.807, 2.05) is 51.1 Å². The van der Waals surface area contributed by atoms with E-state index < -0.39 is 23.1 Å². The first-order chi connectivity index (χ1) is 12.7. The highest BCUT2D eigenvalue weighted by molar-refractivity contribution is 5.67. The molecular weight excluding hydrogens is 353 g/mol. The van der Waals surface area contributed by atoms with Crippen molar-refractivity contribution in [2.45, 2.75) is 26.3 Å². The maximum atomic E-state index is 14.0. The Morgan fingerprint density at radius 3 is 2.07 bits per heavy atom. The molecule has 0 fully saturated rings. The van der Waals surface area contributed by atoms with Crippen molar-refractivity contribution >= 4 is 17.5 Å². The van der Waals surface area contributed by atoms with Crippen molar-refractivity contribution < 1.29 is 13.2 Å². The third kappa shape index (κ3) is 4.75. The minimum absolute atomic E-state index is 0.181. The van der Waals surface area contributed by atoms with Crippen molar-refractivity contribution in [2.24, 2.45) is 0 Å². The van der Waals surface area contributed by atoms with Crippen molar-refractivity contribution in [1.29, 1.82) is 0 Å². The molecule has 0 saturated heterocycles. The van der Waals surface area contributed by atoms with Gasteiger partial charge >= 0.3 is 0 Å². The fourth-order valence-electron chi connectivity index (χ4n) is 2.45. The average molecular weight is 372 g/mol. The number of aromatic nitrogens is 2. The molecule has 0 amide bonds. The highest BCUT2D eigenvalue weighted by atomic mass is 19.1. The molecule has 3 aromatic rings. The molecule has 140 valence electrons. The lowest BCUT2D eigenvalue weighted by Crippen LogP contribution is -2.27. The molecule has 2 N–H and O–H groups in total. The molecule has 7 heteroatoms. The number of rotatable bonds is 4. The zero-order valence-electron chi connectivity index (χ0n) is 15.1. The monoisotopic (exact) mass is 372 g/mol. The molecule has 0 bridgehead atoms. The molecule has 1 aromatic heterocycles. The molecule has 0 radical (unpaired) electrons. The van der Waals surface area contributed by atoms with Gasteiger partial charge in [0.2, 0.25) is 5.95 Å². The van der Waals surface area contributed by atoms with E-state index in [9.17, 15) is 13.2 Å². The van der Waals surface area contributed by atoms with Crippen LogP contribution in [0.15, 0.2) is 48.5 Å². The minimum atomic E-state index is -1.04. The number of hydrogen-bond donors (Lipinski definition) is 2. The van der Waals surface area contributed by atoms with Gasteiger partial charge in [-0.05, 0) is 20.8 Å². The first-order valence-corrected chi connectivity index (χ1v) is 8.35. The Balaban J connectivity index is 2.05. The van der Waals surface area contributed by atoms with Gasteiger partial charge in [-0.3, -0.25) is 0 Å². The van der Waals surface area contributed by atoms with Gasteiger partial charge in [0.05, 0.1) is 5.69 Å². The van der Waals surface area contributed by atoms with Crippen LogP contribution in [0.4, 0.5) is 30.6 Å². The Morgan fingerprint density at radius 1 is 0.852 bits per heavy atom. The highest BCUT2D eigenvalue weighted by Crippen LogP contribution is 2.27. The number of halogens is 3. The second-order valence-electron chi connectivity index (χ2n) is 7.07. The first kappa shape index (κ1) is 18.7. The lowest BCUT2D eigenvalue weighted by atomic mass is 10.1. The fraction of sp³-hybridized carbons (Fsp3) is 0.200.